The number of fused-ring (bicyclic) bond motifs is 6. The zero-order valence-corrected chi connectivity index (χ0v) is 33.4. The molecule has 4 bridgehead atoms. The molecule has 56 heavy (non-hydrogen) atoms. The highest BCUT2D eigenvalue weighted by atomic mass is 16.2. The molecule has 6 aliphatic rings. The minimum absolute atomic E-state index is 0.203. The number of aryl methyl sites for hydroxylation is 3. The SMILES string of the molecule is CC(C)c1ccc(C2=CC3CCC(C2)N3C(=O)N2CCCc3ccccc32)cc1.Cc1cccc(C2=CC3CCC(C2)N3C(=O)N2CCCc3ccccc32)c1. The number of benzene rings is 4. The number of hydrogen-bond acceptors (Lipinski definition) is 2. The van der Waals surface area contributed by atoms with E-state index in [0.717, 1.165) is 88.7 Å². The van der Waals surface area contributed by atoms with E-state index >= 15 is 0 Å². The van der Waals surface area contributed by atoms with Gasteiger partial charge in [0.05, 0.1) is 12.1 Å². The number of carbonyl (C=O) groups is 2. The normalized spacial score (nSPS) is 23.5. The molecule has 0 aromatic heterocycles. The monoisotopic (exact) mass is 744 g/mol. The smallest absolute Gasteiger partial charge is 0.315 e. The van der Waals surface area contributed by atoms with Crippen LogP contribution >= 0.6 is 0 Å². The van der Waals surface area contributed by atoms with Gasteiger partial charge in [-0.2, -0.15) is 0 Å². The molecule has 0 radical (unpaired) electrons. The summed E-state index contributed by atoms with van der Waals surface area (Å²) in [6, 6.07) is 36.1. The highest BCUT2D eigenvalue weighted by molar-refractivity contribution is 5.95. The average Bonchev–Trinajstić information content (AvgIpc) is 3.65. The topological polar surface area (TPSA) is 47.1 Å². The first-order valence-electron chi connectivity index (χ1n) is 21.3. The van der Waals surface area contributed by atoms with E-state index in [4.69, 9.17) is 0 Å². The lowest BCUT2D eigenvalue weighted by Crippen LogP contribution is -2.51. The molecule has 4 aromatic carbocycles. The van der Waals surface area contributed by atoms with Crippen LogP contribution in [-0.4, -0.2) is 59.1 Å². The Morgan fingerprint density at radius 3 is 1.61 bits per heavy atom. The van der Waals surface area contributed by atoms with E-state index in [-0.39, 0.29) is 24.1 Å². The fraction of sp³-hybridized carbons (Fsp3) is 0.400. The number of rotatable bonds is 3. The second-order valence-electron chi connectivity index (χ2n) is 17.2. The van der Waals surface area contributed by atoms with Crippen molar-refractivity contribution in [1.82, 2.24) is 9.80 Å². The van der Waals surface area contributed by atoms with Gasteiger partial charge in [0.15, 0.2) is 0 Å². The largest absolute Gasteiger partial charge is 0.325 e. The van der Waals surface area contributed by atoms with Crippen LogP contribution in [0.2, 0.25) is 0 Å². The fourth-order valence-corrected chi connectivity index (χ4v) is 10.4. The molecule has 6 heterocycles. The number of para-hydroxylation sites is 2. The third-order valence-electron chi connectivity index (χ3n) is 13.3. The van der Waals surface area contributed by atoms with E-state index in [0.29, 0.717) is 18.0 Å². The van der Waals surface area contributed by atoms with Crippen LogP contribution in [0.15, 0.2) is 109 Å². The summed E-state index contributed by atoms with van der Waals surface area (Å²) in [4.78, 5) is 35.5. The van der Waals surface area contributed by atoms with Gasteiger partial charge >= 0.3 is 12.1 Å². The Labute approximate surface area is 333 Å². The van der Waals surface area contributed by atoms with Crippen molar-refractivity contribution in [2.75, 3.05) is 22.9 Å². The van der Waals surface area contributed by atoms with Crippen molar-refractivity contribution in [3.05, 3.63) is 143 Å². The molecule has 0 aliphatic carbocycles. The first kappa shape index (κ1) is 36.5. The van der Waals surface area contributed by atoms with E-state index in [1.54, 1.807) is 0 Å². The molecule has 0 N–H and O–H groups in total. The van der Waals surface area contributed by atoms with Gasteiger partial charge in [0, 0.05) is 36.5 Å². The Hall–Kier alpha value is -5.10. The highest BCUT2D eigenvalue weighted by Crippen LogP contribution is 2.42. The van der Waals surface area contributed by atoms with Gasteiger partial charge < -0.3 is 9.80 Å². The molecule has 2 saturated heterocycles. The van der Waals surface area contributed by atoms with Gasteiger partial charge in [0.2, 0.25) is 0 Å². The maximum absolute atomic E-state index is 13.6. The zero-order valence-electron chi connectivity index (χ0n) is 33.4. The number of hydrogen-bond donors (Lipinski definition) is 0. The molecule has 6 heteroatoms. The Balaban J connectivity index is 0.000000147. The van der Waals surface area contributed by atoms with Gasteiger partial charge in [-0.1, -0.05) is 116 Å². The number of urea groups is 2. The fourth-order valence-electron chi connectivity index (χ4n) is 10.4. The Morgan fingerprint density at radius 2 is 1.11 bits per heavy atom. The van der Waals surface area contributed by atoms with Crippen LogP contribution in [0.1, 0.15) is 105 Å². The van der Waals surface area contributed by atoms with Gasteiger partial charge in [0.1, 0.15) is 0 Å². The predicted molar refractivity (Wildman–Crippen MR) is 229 cm³/mol. The summed E-state index contributed by atoms with van der Waals surface area (Å²) >= 11 is 0. The van der Waals surface area contributed by atoms with Crippen LogP contribution in [0.5, 0.6) is 0 Å². The third kappa shape index (κ3) is 6.97. The van der Waals surface area contributed by atoms with Crippen molar-refractivity contribution in [1.29, 1.82) is 0 Å². The van der Waals surface area contributed by atoms with Gasteiger partial charge in [-0.25, -0.2) is 9.59 Å². The molecule has 0 saturated carbocycles. The Morgan fingerprint density at radius 1 is 0.589 bits per heavy atom. The van der Waals surface area contributed by atoms with E-state index in [1.165, 1.54) is 44.5 Å². The molecule has 288 valence electrons. The first-order valence-corrected chi connectivity index (χ1v) is 21.3. The first-order chi connectivity index (χ1) is 27.3. The third-order valence-corrected chi connectivity index (χ3v) is 13.3. The standard InChI is InChI=1S/C26H30N2O.C24H26N2O/c1-18(2)19-9-11-20(12-10-19)22-16-23-13-14-24(17-22)28(23)26(29)27-15-5-7-21-6-3-4-8-25(21)27;1-17-6-4-8-19(14-17)20-15-21-11-12-22(16-20)26(21)24(27)25-13-5-9-18-7-2-3-10-23(18)25/h3-4,6,8-12,16,18,23-24H,5,7,13-15,17H2,1-2H3;2-4,6-8,10,14-15,21-22H,5,9,11-13,16H2,1H3. The number of nitrogens with zero attached hydrogens (tertiary/aromatic N) is 4. The lowest BCUT2D eigenvalue weighted by Gasteiger charge is -2.39. The van der Waals surface area contributed by atoms with Crippen LogP contribution in [0.3, 0.4) is 0 Å². The summed E-state index contributed by atoms with van der Waals surface area (Å²) in [7, 11) is 0. The van der Waals surface area contributed by atoms with Crippen molar-refractivity contribution < 1.29 is 9.59 Å². The van der Waals surface area contributed by atoms with Crippen molar-refractivity contribution in [2.45, 2.75) is 115 Å². The molecule has 4 aromatic rings. The number of amides is 4. The molecule has 4 unspecified atom stereocenters. The van der Waals surface area contributed by atoms with Crippen molar-refractivity contribution in [2.24, 2.45) is 0 Å². The van der Waals surface area contributed by atoms with Crippen molar-refractivity contribution in [3.63, 3.8) is 0 Å². The van der Waals surface area contributed by atoms with Crippen LogP contribution in [0.25, 0.3) is 11.1 Å². The molecule has 6 nitrogen and oxygen atoms in total. The van der Waals surface area contributed by atoms with E-state index < -0.39 is 0 Å². The molecular formula is C50H56N4O2. The average molecular weight is 745 g/mol. The van der Waals surface area contributed by atoms with Gasteiger partial charge in [0.25, 0.3) is 0 Å². The van der Waals surface area contributed by atoms with Gasteiger partial charge in [-0.3, -0.25) is 9.80 Å². The van der Waals surface area contributed by atoms with Crippen molar-refractivity contribution in [3.8, 4) is 0 Å². The molecule has 4 atom stereocenters. The summed E-state index contributed by atoms with van der Waals surface area (Å²) in [6.07, 6.45) is 15.3. The van der Waals surface area contributed by atoms with Crippen LogP contribution < -0.4 is 9.80 Å². The minimum Gasteiger partial charge on any atom is -0.315 e. The maximum Gasteiger partial charge on any atom is 0.325 e. The molecule has 4 amide bonds. The lowest BCUT2D eigenvalue weighted by atomic mass is 9.92. The van der Waals surface area contributed by atoms with E-state index in [9.17, 15) is 9.59 Å². The molecule has 0 spiro atoms. The maximum atomic E-state index is 13.6. The van der Waals surface area contributed by atoms with E-state index in [2.05, 4.69) is 128 Å². The summed E-state index contributed by atoms with van der Waals surface area (Å²) in [5.41, 5.74) is 13.0. The second-order valence-corrected chi connectivity index (χ2v) is 17.2. The van der Waals surface area contributed by atoms with Crippen LogP contribution in [0.4, 0.5) is 21.0 Å². The van der Waals surface area contributed by atoms with Crippen molar-refractivity contribution >= 4 is 34.6 Å². The molecule has 10 rings (SSSR count). The Bertz CT molecular complexity index is 2170. The number of carbonyl (C=O) groups excluding carboxylic acids is 2. The minimum atomic E-state index is 0.203. The highest BCUT2D eigenvalue weighted by Gasteiger charge is 2.43. The second kappa shape index (κ2) is 15.4. The summed E-state index contributed by atoms with van der Waals surface area (Å²) < 4.78 is 0. The quantitative estimate of drug-likeness (QED) is 0.210. The summed E-state index contributed by atoms with van der Waals surface area (Å²) in [5.74, 6) is 0.557. The van der Waals surface area contributed by atoms with Crippen LogP contribution in [-0.2, 0) is 12.8 Å². The van der Waals surface area contributed by atoms with Gasteiger partial charge in [-0.15, -0.1) is 0 Å². The molecular weight excluding hydrogens is 689 g/mol. The molecule has 6 aliphatic heterocycles. The van der Waals surface area contributed by atoms with Gasteiger partial charge in [-0.05, 0) is 128 Å². The summed E-state index contributed by atoms with van der Waals surface area (Å²) in [5, 5.41) is 0. The zero-order chi connectivity index (χ0) is 38.3. The van der Waals surface area contributed by atoms with E-state index in [1.807, 2.05) is 21.9 Å². The predicted octanol–water partition coefficient (Wildman–Crippen LogP) is 11.2. The van der Waals surface area contributed by atoms with Crippen LogP contribution in [0, 0.1) is 6.92 Å². The summed E-state index contributed by atoms with van der Waals surface area (Å²) in [6.45, 7) is 8.28. The number of anilines is 2. The molecule has 2 fully saturated rings. The Kier molecular flexibility index (Phi) is 10.1. The lowest BCUT2D eigenvalue weighted by molar-refractivity contribution is 0.185.